The van der Waals surface area contributed by atoms with Gasteiger partial charge in [0.15, 0.2) is 6.10 Å². The third kappa shape index (κ3) is 58.7. The molecule has 0 bridgehead atoms. The minimum atomic E-state index is -0.771. The van der Waals surface area contributed by atoms with E-state index in [4.69, 9.17) is 14.2 Å². The van der Waals surface area contributed by atoms with Crippen LogP contribution >= 0.6 is 0 Å². The van der Waals surface area contributed by atoms with Crippen LogP contribution in [0.15, 0.2) is 24.3 Å². The molecular formula is C65H122O6. The molecule has 0 saturated carbocycles. The molecule has 0 heterocycles. The maximum atomic E-state index is 12.9. The number of ether oxygens (including phenoxy) is 3. The third-order valence-electron chi connectivity index (χ3n) is 14.5. The van der Waals surface area contributed by atoms with Gasteiger partial charge in [0, 0.05) is 19.3 Å². The van der Waals surface area contributed by atoms with E-state index in [1.54, 1.807) is 0 Å². The van der Waals surface area contributed by atoms with Crippen LogP contribution in [0.5, 0.6) is 0 Å². The maximum Gasteiger partial charge on any atom is 0.306 e. The molecule has 6 nitrogen and oxygen atoms in total. The highest BCUT2D eigenvalue weighted by atomic mass is 16.6. The van der Waals surface area contributed by atoms with E-state index in [9.17, 15) is 14.4 Å². The van der Waals surface area contributed by atoms with Crippen molar-refractivity contribution < 1.29 is 28.6 Å². The summed E-state index contributed by atoms with van der Waals surface area (Å²) in [5.41, 5.74) is 0. The SMILES string of the molecule is CCCCCC/C=C\C/C=C\CCCCCCCCCC(=O)OC(COC(=O)CCCCCCCCCCCCC)COC(=O)CCCCCCCCCCCCCCCCCCCCCCCCCC. The fraction of sp³-hybridized carbons (Fsp3) is 0.892. The van der Waals surface area contributed by atoms with Gasteiger partial charge < -0.3 is 14.2 Å². The van der Waals surface area contributed by atoms with Crippen molar-refractivity contribution in [1.82, 2.24) is 0 Å². The van der Waals surface area contributed by atoms with Crippen LogP contribution in [-0.4, -0.2) is 37.2 Å². The van der Waals surface area contributed by atoms with Crippen LogP contribution in [0.3, 0.4) is 0 Å². The molecule has 6 heteroatoms. The average Bonchev–Trinajstić information content (AvgIpc) is 3.37. The van der Waals surface area contributed by atoms with E-state index in [1.807, 2.05) is 0 Å². The molecule has 0 aromatic rings. The zero-order valence-corrected chi connectivity index (χ0v) is 48.0. The molecular weight excluding hydrogens is 877 g/mol. The largest absolute Gasteiger partial charge is 0.462 e. The summed E-state index contributed by atoms with van der Waals surface area (Å²) in [4.78, 5) is 38.2. The summed E-state index contributed by atoms with van der Waals surface area (Å²) < 4.78 is 16.9. The molecule has 0 N–H and O–H groups in total. The molecule has 0 aromatic carbocycles. The van der Waals surface area contributed by atoms with Gasteiger partial charge in [-0.25, -0.2) is 0 Å². The van der Waals surface area contributed by atoms with Crippen LogP contribution in [0.25, 0.3) is 0 Å². The number of hydrogen-bond acceptors (Lipinski definition) is 6. The summed E-state index contributed by atoms with van der Waals surface area (Å²) in [5, 5.41) is 0. The fourth-order valence-electron chi connectivity index (χ4n) is 9.65. The average molecular weight is 1000 g/mol. The van der Waals surface area contributed by atoms with Crippen molar-refractivity contribution in [2.75, 3.05) is 13.2 Å². The Hall–Kier alpha value is -2.11. The van der Waals surface area contributed by atoms with Gasteiger partial charge in [-0.1, -0.05) is 308 Å². The van der Waals surface area contributed by atoms with Crippen LogP contribution in [0.1, 0.15) is 355 Å². The summed E-state index contributed by atoms with van der Waals surface area (Å²) in [6.45, 7) is 6.67. The molecule has 1 unspecified atom stereocenters. The number of unbranched alkanes of at least 4 members (excludes halogenated alkanes) is 44. The topological polar surface area (TPSA) is 78.9 Å². The minimum Gasteiger partial charge on any atom is -0.462 e. The van der Waals surface area contributed by atoms with Gasteiger partial charge in [0.05, 0.1) is 0 Å². The molecule has 1 atom stereocenters. The molecule has 0 aliphatic carbocycles. The normalized spacial score (nSPS) is 12.1. The highest BCUT2D eigenvalue weighted by molar-refractivity contribution is 5.71. The van der Waals surface area contributed by atoms with Crippen molar-refractivity contribution in [3.05, 3.63) is 24.3 Å². The summed E-state index contributed by atoms with van der Waals surface area (Å²) in [5.74, 6) is -0.852. The zero-order chi connectivity index (χ0) is 51.4. The van der Waals surface area contributed by atoms with E-state index in [1.165, 1.54) is 244 Å². The standard InChI is InChI=1S/C65H122O6/c1-4-7-10-13-16-19-22-24-26-28-30-31-32-33-34-35-37-38-40-43-46-49-52-55-58-64(67)70-61-62(60-69-63(66)57-54-51-48-45-42-21-18-15-12-9-6-3)71-65(68)59-56-53-50-47-44-41-39-36-29-27-25-23-20-17-14-11-8-5-2/h20,23,27,29,62H,4-19,21-22,24-26,28,30-61H2,1-3H3/b23-20-,29-27-. The molecule has 0 spiro atoms. The van der Waals surface area contributed by atoms with E-state index in [2.05, 4.69) is 45.1 Å². The Morgan fingerprint density at radius 3 is 0.789 bits per heavy atom. The van der Waals surface area contributed by atoms with Gasteiger partial charge in [-0.15, -0.1) is 0 Å². The molecule has 0 fully saturated rings. The van der Waals surface area contributed by atoms with Crippen molar-refractivity contribution in [3.8, 4) is 0 Å². The minimum absolute atomic E-state index is 0.0687. The highest BCUT2D eigenvalue weighted by Gasteiger charge is 2.19. The Morgan fingerprint density at radius 1 is 0.282 bits per heavy atom. The predicted octanol–water partition coefficient (Wildman–Crippen LogP) is 21.4. The van der Waals surface area contributed by atoms with Gasteiger partial charge in [-0.3, -0.25) is 14.4 Å². The Bertz CT molecular complexity index is 1150. The van der Waals surface area contributed by atoms with E-state index in [0.29, 0.717) is 19.3 Å². The molecule has 0 amide bonds. The molecule has 0 aliphatic rings. The number of hydrogen-bond donors (Lipinski definition) is 0. The monoisotopic (exact) mass is 999 g/mol. The lowest BCUT2D eigenvalue weighted by Gasteiger charge is -2.18. The molecule has 0 saturated heterocycles. The second-order valence-corrected chi connectivity index (χ2v) is 21.7. The summed E-state index contributed by atoms with van der Waals surface area (Å²) >= 11 is 0. The van der Waals surface area contributed by atoms with E-state index in [-0.39, 0.29) is 31.1 Å². The van der Waals surface area contributed by atoms with Gasteiger partial charge in [0.2, 0.25) is 0 Å². The Morgan fingerprint density at radius 2 is 0.507 bits per heavy atom. The van der Waals surface area contributed by atoms with Gasteiger partial charge in [-0.05, 0) is 51.4 Å². The first kappa shape index (κ1) is 68.9. The van der Waals surface area contributed by atoms with Crippen LogP contribution in [-0.2, 0) is 28.6 Å². The fourth-order valence-corrected chi connectivity index (χ4v) is 9.65. The Kier molecular flexibility index (Phi) is 58.6. The van der Waals surface area contributed by atoms with Gasteiger partial charge in [0.25, 0.3) is 0 Å². The Labute approximate surface area is 443 Å². The predicted molar refractivity (Wildman–Crippen MR) is 307 cm³/mol. The number of carbonyl (C=O) groups excluding carboxylic acids is 3. The molecule has 0 aromatic heterocycles. The van der Waals surface area contributed by atoms with Crippen molar-refractivity contribution in [1.29, 1.82) is 0 Å². The zero-order valence-electron chi connectivity index (χ0n) is 48.0. The van der Waals surface area contributed by atoms with Crippen LogP contribution in [0.4, 0.5) is 0 Å². The van der Waals surface area contributed by atoms with E-state index < -0.39 is 6.10 Å². The summed E-state index contributed by atoms with van der Waals surface area (Å²) in [7, 11) is 0. The first-order chi connectivity index (χ1) is 35.0. The molecule has 0 aliphatic heterocycles. The summed E-state index contributed by atoms with van der Waals surface area (Å²) in [6.07, 6.45) is 71.9. The van der Waals surface area contributed by atoms with Crippen molar-refractivity contribution in [2.24, 2.45) is 0 Å². The van der Waals surface area contributed by atoms with Crippen LogP contribution < -0.4 is 0 Å². The lowest BCUT2D eigenvalue weighted by Crippen LogP contribution is -2.30. The highest BCUT2D eigenvalue weighted by Crippen LogP contribution is 2.18. The number of rotatable bonds is 59. The van der Waals surface area contributed by atoms with Gasteiger partial charge >= 0.3 is 17.9 Å². The van der Waals surface area contributed by atoms with Crippen LogP contribution in [0.2, 0.25) is 0 Å². The lowest BCUT2D eigenvalue weighted by atomic mass is 10.0. The van der Waals surface area contributed by atoms with Gasteiger partial charge in [-0.2, -0.15) is 0 Å². The van der Waals surface area contributed by atoms with Crippen molar-refractivity contribution >= 4 is 17.9 Å². The van der Waals surface area contributed by atoms with E-state index in [0.717, 1.165) is 70.6 Å². The molecule has 71 heavy (non-hydrogen) atoms. The third-order valence-corrected chi connectivity index (χ3v) is 14.5. The number of allylic oxidation sites excluding steroid dienone is 4. The Balaban J connectivity index is 4.21. The van der Waals surface area contributed by atoms with Crippen molar-refractivity contribution in [3.63, 3.8) is 0 Å². The summed E-state index contributed by atoms with van der Waals surface area (Å²) in [6, 6.07) is 0. The first-order valence-electron chi connectivity index (χ1n) is 31.8. The maximum absolute atomic E-state index is 12.9. The van der Waals surface area contributed by atoms with Crippen molar-refractivity contribution in [2.45, 2.75) is 361 Å². The van der Waals surface area contributed by atoms with E-state index >= 15 is 0 Å². The molecule has 0 rings (SSSR count). The quantitative estimate of drug-likeness (QED) is 0.0261. The van der Waals surface area contributed by atoms with Gasteiger partial charge in [0.1, 0.15) is 13.2 Å². The number of carbonyl (C=O) groups is 3. The molecule has 418 valence electrons. The first-order valence-corrected chi connectivity index (χ1v) is 31.8. The smallest absolute Gasteiger partial charge is 0.306 e. The second kappa shape index (κ2) is 60.4. The molecule has 0 radical (unpaired) electrons. The lowest BCUT2D eigenvalue weighted by molar-refractivity contribution is -0.167. The second-order valence-electron chi connectivity index (χ2n) is 21.7. The number of esters is 3. The van der Waals surface area contributed by atoms with Crippen LogP contribution in [0, 0.1) is 0 Å².